The van der Waals surface area contributed by atoms with Crippen molar-refractivity contribution in [2.24, 2.45) is 27.8 Å². The van der Waals surface area contributed by atoms with Crippen molar-refractivity contribution in [3.8, 4) is 0 Å². The van der Waals surface area contributed by atoms with Gasteiger partial charge in [0.2, 0.25) is 0 Å². The fourth-order valence-corrected chi connectivity index (χ4v) is 2.36. The summed E-state index contributed by atoms with van der Waals surface area (Å²) in [7, 11) is 0. The van der Waals surface area contributed by atoms with Crippen LogP contribution < -0.4 is 5.73 Å². The third kappa shape index (κ3) is 2.37. The molecule has 0 saturated carbocycles. The second kappa shape index (κ2) is 4.75. The number of rotatable bonds is 2. The Labute approximate surface area is 90.6 Å². The summed E-state index contributed by atoms with van der Waals surface area (Å²) in [5.41, 5.74) is 6.97. The molecule has 4 nitrogen and oxygen atoms in total. The van der Waals surface area contributed by atoms with Crippen molar-refractivity contribution in [1.82, 2.24) is 0 Å². The van der Waals surface area contributed by atoms with Gasteiger partial charge in [-0.2, -0.15) is 5.10 Å². The van der Waals surface area contributed by atoms with Crippen LogP contribution in [0.25, 0.3) is 0 Å². The maximum absolute atomic E-state index is 5.71. The minimum absolute atomic E-state index is 0.505. The molecule has 0 aromatic carbocycles. The maximum atomic E-state index is 5.71. The summed E-state index contributed by atoms with van der Waals surface area (Å²) in [5.74, 6) is 1.75. The van der Waals surface area contributed by atoms with Gasteiger partial charge in [-0.05, 0) is 19.3 Å². The van der Waals surface area contributed by atoms with Crippen molar-refractivity contribution >= 4 is 11.5 Å². The number of ether oxygens (including phenoxy) is 1. The molecule has 0 aromatic heterocycles. The average Bonchev–Trinajstić information content (AvgIpc) is 2.30. The molecule has 4 heteroatoms. The molecule has 1 saturated heterocycles. The molecule has 2 rings (SSSR count). The summed E-state index contributed by atoms with van der Waals surface area (Å²) in [6.45, 7) is 3.91. The van der Waals surface area contributed by atoms with Crippen LogP contribution in [0.4, 0.5) is 0 Å². The van der Waals surface area contributed by atoms with Gasteiger partial charge in [0.1, 0.15) is 5.84 Å². The van der Waals surface area contributed by atoms with Crippen molar-refractivity contribution in [3.63, 3.8) is 0 Å². The van der Waals surface area contributed by atoms with Gasteiger partial charge in [0.05, 0.1) is 0 Å². The molecule has 0 aromatic rings. The van der Waals surface area contributed by atoms with E-state index in [2.05, 4.69) is 17.1 Å². The van der Waals surface area contributed by atoms with Gasteiger partial charge in [-0.25, -0.2) is 0 Å². The third-order valence-electron chi connectivity index (χ3n) is 3.30. The van der Waals surface area contributed by atoms with Crippen LogP contribution in [-0.2, 0) is 4.74 Å². The van der Waals surface area contributed by atoms with E-state index in [1.807, 2.05) is 0 Å². The lowest BCUT2D eigenvalue weighted by molar-refractivity contribution is 0.0815. The molecule has 2 heterocycles. The number of amidine groups is 1. The molecule has 84 valence electrons. The Kier molecular flexibility index (Phi) is 3.36. The van der Waals surface area contributed by atoms with E-state index < -0.39 is 0 Å². The van der Waals surface area contributed by atoms with Crippen molar-refractivity contribution < 1.29 is 4.74 Å². The fourth-order valence-electron chi connectivity index (χ4n) is 2.36. The molecule has 2 aliphatic rings. The van der Waals surface area contributed by atoms with E-state index in [0.29, 0.717) is 17.7 Å². The summed E-state index contributed by atoms with van der Waals surface area (Å²) in [4.78, 5) is 0. The Morgan fingerprint density at radius 1 is 1.33 bits per heavy atom. The Balaban J connectivity index is 2.10. The standard InChI is InChI=1S/C11H19N3O/c1-2-8-7-10(12)13-14-11(8)9-3-5-15-6-4-9/h8-9H,2-7H2,1H3,(H2,12,13). The lowest BCUT2D eigenvalue weighted by atomic mass is 9.83. The zero-order chi connectivity index (χ0) is 10.7. The first-order chi connectivity index (χ1) is 7.31. The molecule has 1 atom stereocenters. The minimum Gasteiger partial charge on any atom is -0.386 e. The largest absolute Gasteiger partial charge is 0.386 e. The van der Waals surface area contributed by atoms with Gasteiger partial charge < -0.3 is 10.5 Å². The third-order valence-corrected chi connectivity index (χ3v) is 3.30. The van der Waals surface area contributed by atoms with E-state index in [1.165, 1.54) is 5.71 Å². The smallest absolute Gasteiger partial charge is 0.123 e. The van der Waals surface area contributed by atoms with Gasteiger partial charge in [0.15, 0.2) is 0 Å². The highest BCUT2D eigenvalue weighted by atomic mass is 16.5. The highest BCUT2D eigenvalue weighted by Gasteiger charge is 2.28. The Hall–Kier alpha value is -0.900. The van der Waals surface area contributed by atoms with E-state index in [9.17, 15) is 0 Å². The normalized spacial score (nSPS) is 28.5. The van der Waals surface area contributed by atoms with Crippen LogP contribution in [0.15, 0.2) is 10.2 Å². The van der Waals surface area contributed by atoms with Crippen LogP contribution >= 0.6 is 0 Å². The number of nitrogens with zero attached hydrogens (tertiary/aromatic N) is 2. The Morgan fingerprint density at radius 3 is 2.73 bits per heavy atom. The van der Waals surface area contributed by atoms with Crippen molar-refractivity contribution in [1.29, 1.82) is 0 Å². The number of nitrogens with two attached hydrogens (primary N) is 1. The molecule has 0 spiro atoms. The highest BCUT2D eigenvalue weighted by molar-refractivity contribution is 5.96. The van der Waals surface area contributed by atoms with Crippen LogP contribution in [0.5, 0.6) is 0 Å². The van der Waals surface area contributed by atoms with Crippen LogP contribution in [0, 0.1) is 11.8 Å². The Bertz CT molecular complexity index is 280. The molecule has 0 bridgehead atoms. The van der Waals surface area contributed by atoms with Gasteiger partial charge in [-0.15, -0.1) is 5.10 Å². The monoisotopic (exact) mass is 209 g/mol. The molecular formula is C11H19N3O. The molecule has 1 unspecified atom stereocenters. The van der Waals surface area contributed by atoms with Gasteiger partial charge >= 0.3 is 0 Å². The van der Waals surface area contributed by atoms with Crippen molar-refractivity contribution in [2.75, 3.05) is 13.2 Å². The van der Waals surface area contributed by atoms with E-state index >= 15 is 0 Å². The first-order valence-electron chi connectivity index (χ1n) is 5.78. The fraction of sp³-hybridized carbons (Fsp3) is 0.818. The molecule has 15 heavy (non-hydrogen) atoms. The second-order valence-electron chi connectivity index (χ2n) is 4.31. The quantitative estimate of drug-likeness (QED) is 0.750. The van der Waals surface area contributed by atoms with Crippen LogP contribution in [-0.4, -0.2) is 24.8 Å². The van der Waals surface area contributed by atoms with Gasteiger partial charge in [-0.3, -0.25) is 0 Å². The van der Waals surface area contributed by atoms with Crippen molar-refractivity contribution in [3.05, 3.63) is 0 Å². The Morgan fingerprint density at radius 2 is 2.07 bits per heavy atom. The topological polar surface area (TPSA) is 60.0 Å². The number of hydrogen-bond acceptors (Lipinski definition) is 4. The van der Waals surface area contributed by atoms with Gasteiger partial charge in [0, 0.05) is 37.2 Å². The maximum Gasteiger partial charge on any atom is 0.123 e. The second-order valence-corrected chi connectivity index (χ2v) is 4.31. The lowest BCUT2D eigenvalue weighted by Crippen LogP contribution is -2.33. The minimum atomic E-state index is 0.505. The first kappa shape index (κ1) is 10.6. The zero-order valence-corrected chi connectivity index (χ0v) is 9.28. The summed E-state index contributed by atoms with van der Waals surface area (Å²) in [5, 5.41) is 8.34. The van der Waals surface area contributed by atoms with Crippen LogP contribution in [0.2, 0.25) is 0 Å². The summed E-state index contributed by atoms with van der Waals surface area (Å²) in [6.07, 6.45) is 4.16. The number of hydrogen-bond donors (Lipinski definition) is 1. The van der Waals surface area contributed by atoms with Crippen molar-refractivity contribution in [2.45, 2.75) is 32.6 Å². The molecule has 1 fully saturated rings. The van der Waals surface area contributed by atoms with Crippen LogP contribution in [0.1, 0.15) is 32.6 Å². The molecule has 0 aliphatic carbocycles. The predicted molar refractivity (Wildman–Crippen MR) is 61.0 cm³/mol. The molecule has 0 radical (unpaired) electrons. The van der Waals surface area contributed by atoms with Gasteiger partial charge in [0.25, 0.3) is 0 Å². The summed E-state index contributed by atoms with van der Waals surface area (Å²) < 4.78 is 5.37. The summed E-state index contributed by atoms with van der Waals surface area (Å²) >= 11 is 0. The lowest BCUT2D eigenvalue weighted by Gasteiger charge is -2.29. The summed E-state index contributed by atoms with van der Waals surface area (Å²) in [6, 6.07) is 0. The van der Waals surface area contributed by atoms with Gasteiger partial charge in [-0.1, -0.05) is 6.92 Å². The molecular weight excluding hydrogens is 190 g/mol. The molecule has 0 amide bonds. The van der Waals surface area contributed by atoms with Crippen LogP contribution in [0.3, 0.4) is 0 Å². The molecule has 2 aliphatic heterocycles. The van der Waals surface area contributed by atoms with E-state index in [1.54, 1.807) is 0 Å². The predicted octanol–water partition coefficient (Wildman–Crippen LogP) is 1.56. The SMILES string of the molecule is CCC1CC(N)=NN=C1C1CCOCC1. The van der Waals surface area contributed by atoms with E-state index in [4.69, 9.17) is 10.5 Å². The average molecular weight is 209 g/mol. The van der Waals surface area contributed by atoms with E-state index in [0.717, 1.165) is 38.9 Å². The highest BCUT2D eigenvalue weighted by Crippen LogP contribution is 2.26. The van der Waals surface area contributed by atoms with E-state index in [-0.39, 0.29) is 0 Å². The zero-order valence-electron chi connectivity index (χ0n) is 9.28. The first-order valence-corrected chi connectivity index (χ1v) is 5.78. The molecule has 2 N–H and O–H groups in total.